The SMILES string of the molecule is Cc1cc(C#CCN)cc(NS(=O)(=O)CC2CC2)c1. The molecule has 1 fully saturated rings. The number of hydrogen-bond donors (Lipinski definition) is 2. The van der Waals surface area contributed by atoms with Crippen LogP contribution in [0.1, 0.15) is 24.0 Å². The first-order valence-electron chi connectivity index (χ1n) is 6.29. The lowest BCUT2D eigenvalue weighted by molar-refractivity contribution is 0.597. The number of nitrogens with two attached hydrogens (primary N) is 1. The van der Waals surface area contributed by atoms with E-state index in [0.717, 1.165) is 24.0 Å². The molecule has 0 aromatic heterocycles. The number of aryl methyl sites for hydroxylation is 1. The molecule has 102 valence electrons. The van der Waals surface area contributed by atoms with E-state index in [0.29, 0.717) is 11.6 Å². The van der Waals surface area contributed by atoms with E-state index in [1.54, 1.807) is 12.1 Å². The monoisotopic (exact) mass is 278 g/mol. The highest BCUT2D eigenvalue weighted by molar-refractivity contribution is 7.92. The van der Waals surface area contributed by atoms with E-state index in [9.17, 15) is 8.42 Å². The second kappa shape index (κ2) is 5.64. The summed E-state index contributed by atoms with van der Waals surface area (Å²) in [6.07, 6.45) is 2.03. The lowest BCUT2D eigenvalue weighted by Gasteiger charge is -2.08. The van der Waals surface area contributed by atoms with Crippen molar-refractivity contribution in [3.63, 3.8) is 0 Å². The molecule has 4 nitrogen and oxygen atoms in total. The summed E-state index contributed by atoms with van der Waals surface area (Å²) in [5, 5.41) is 0. The van der Waals surface area contributed by atoms with Crippen LogP contribution in [0.4, 0.5) is 5.69 Å². The molecule has 0 saturated heterocycles. The largest absolute Gasteiger partial charge is 0.320 e. The Morgan fingerprint density at radius 2 is 2.11 bits per heavy atom. The predicted octanol–water partition coefficient (Wildman–Crippen LogP) is 1.46. The molecule has 2 rings (SSSR count). The molecule has 0 atom stereocenters. The van der Waals surface area contributed by atoms with Gasteiger partial charge in [0.2, 0.25) is 10.0 Å². The van der Waals surface area contributed by atoms with Crippen molar-refractivity contribution < 1.29 is 8.42 Å². The molecule has 0 radical (unpaired) electrons. The van der Waals surface area contributed by atoms with Crippen molar-refractivity contribution in [3.8, 4) is 11.8 Å². The summed E-state index contributed by atoms with van der Waals surface area (Å²) in [5.74, 6) is 6.22. The Bertz CT molecular complexity index is 623. The number of sulfonamides is 1. The average molecular weight is 278 g/mol. The average Bonchev–Trinajstić information content (AvgIpc) is 3.07. The van der Waals surface area contributed by atoms with Gasteiger partial charge in [-0.05, 0) is 49.4 Å². The van der Waals surface area contributed by atoms with Gasteiger partial charge in [-0.1, -0.05) is 11.8 Å². The van der Waals surface area contributed by atoms with Gasteiger partial charge in [0.25, 0.3) is 0 Å². The van der Waals surface area contributed by atoms with Crippen LogP contribution in [0.15, 0.2) is 18.2 Å². The zero-order chi connectivity index (χ0) is 13.9. The molecule has 1 aromatic carbocycles. The maximum atomic E-state index is 11.9. The van der Waals surface area contributed by atoms with Crippen LogP contribution in [0, 0.1) is 24.7 Å². The smallest absolute Gasteiger partial charge is 0.232 e. The third kappa shape index (κ3) is 4.58. The van der Waals surface area contributed by atoms with Crippen LogP contribution in [-0.2, 0) is 10.0 Å². The highest BCUT2D eigenvalue weighted by atomic mass is 32.2. The topological polar surface area (TPSA) is 72.2 Å². The molecule has 1 aliphatic carbocycles. The van der Waals surface area contributed by atoms with Crippen molar-refractivity contribution in [2.75, 3.05) is 17.0 Å². The van der Waals surface area contributed by atoms with Gasteiger partial charge in [-0.3, -0.25) is 4.72 Å². The van der Waals surface area contributed by atoms with E-state index in [1.807, 2.05) is 13.0 Å². The lowest BCUT2D eigenvalue weighted by Crippen LogP contribution is -2.17. The van der Waals surface area contributed by atoms with Gasteiger partial charge in [-0.2, -0.15) is 0 Å². The third-order valence-electron chi connectivity index (χ3n) is 2.84. The van der Waals surface area contributed by atoms with Crippen molar-refractivity contribution in [3.05, 3.63) is 29.3 Å². The van der Waals surface area contributed by atoms with E-state index in [-0.39, 0.29) is 12.3 Å². The van der Waals surface area contributed by atoms with Gasteiger partial charge >= 0.3 is 0 Å². The molecule has 0 unspecified atom stereocenters. The van der Waals surface area contributed by atoms with Crippen LogP contribution >= 0.6 is 0 Å². The molecular weight excluding hydrogens is 260 g/mol. The van der Waals surface area contributed by atoms with Crippen LogP contribution in [0.25, 0.3) is 0 Å². The Balaban J connectivity index is 2.17. The van der Waals surface area contributed by atoms with Gasteiger partial charge in [-0.25, -0.2) is 8.42 Å². The zero-order valence-corrected chi connectivity index (χ0v) is 11.8. The van der Waals surface area contributed by atoms with Gasteiger partial charge in [0.05, 0.1) is 12.3 Å². The molecular formula is C14H18N2O2S. The normalized spacial score (nSPS) is 14.6. The molecule has 1 saturated carbocycles. The quantitative estimate of drug-likeness (QED) is 0.819. The second-order valence-electron chi connectivity index (χ2n) is 4.92. The first-order valence-corrected chi connectivity index (χ1v) is 7.95. The number of rotatable bonds is 4. The fourth-order valence-electron chi connectivity index (χ4n) is 1.88. The number of benzene rings is 1. The fraction of sp³-hybridized carbons (Fsp3) is 0.429. The molecule has 0 bridgehead atoms. The van der Waals surface area contributed by atoms with Crippen LogP contribution in [0.5, 0.6) is 0 Å². The molecule has 3 N–H and O–H groups in total. The summed E-state index contributed by atoms with van der Waals surface area (Å²) in [5.41, 5.74) is 7.64. The third-order valence-corrected chi connectivity index (χ3v) is 4.29. The molecule has 1 aromatic rings. The first kappa shape index (κ1) is 13.9. The van der Waals surface area contributed by atoms with Crippen molar-refractivity contribution in [1.82, 2.24) is 0 Å². The second-order valence-corrected chi connectivity index (χ2v) is 6.69. The fourth-order valence-corrected chi connectivity index (χ4v) is 3.40. The minimum Gasteiger partial charge on any atom is -0.320 e. The van der Waals surface area contributed by atoms with E-state index < -0.39 is 10.0 Å². The highest BCUT2D eigenvalue weighted by Crippen LogP contribution is 2.30. The van der Waals surface area contributed by atoms with Crippen LogP contribution in [-0.4, -0.2) is 20.7 Å². The van der Waals surface area contributed by atoms with Crippen molar-refractivity contribution in [2.24, 2.45) is 11.7 Å². The minimum absolute atomic E-state index is 0.213. The lowest BCUT2D eigenvalue weighted by atomic mass is 10.1. The van der Waals surface area contributed by atoms with Crippen LogP contribution in [0.3, 0.4) is 0 Å². The van der Waals surface area contributed by atoms with Gasteiger partial charge in [-0.15, -0.1) is 0 Å². The molecule has 0 amide bonds. The molecule has 0 spiro atoms. The summed E-state index contributed by atoms with van der Waals surface area (Å²) in [7, 11) is -3.25. The summed E-state index contributed by atoms with van der Waals surface area (Å²) >= 11 is 0. The molecule has 19 heavy (non-hydrogen) atoms. The number of anilines is 1. The standard InChI is InChI=1S/C14H18N2O2S/c1-11-7-13(3-2-6-15)9-14(8-11)16-19(17,18)10-12-4-5-12/h7-9,12,16H,4-6,10,15H2,1H3. The minimum atomic E-state index is -3.25. The van der Waals surface area contributed by atoms with Crippen molar-refractivity contribution in [1.29, 1.82) is 0 Å². The molecule has 0 aliphatic heterocycles. The Hall–Kier alpha value is -1.51. The van der Waals surface area contributed by atoms with E-state index in [1.165, 1.54) is 0 Å². The van der Waals surface area contributed by atoms with Crippen LogP contribution < -0.4 is 10.5 Å². The van der Waals surface area contributed by atoms with E-state index in [2.05, 4.69) is 16.6 Å². The zero-order valence-electron chi connectivity index (χ0n) is 10.9. The maximum Gasteiger partial charge on any atom is 0.232 e. The summed E-state index contributed by atoms with van der Waals surface area (Å²) in [6, 6.07) is 5.44. The van der Waals surface area contributed by atoms with Gasteiger partial charge in [0.1, 0.15) is 0 Å². The highest BCUT2D eigenvalue weighted by Gasteiger charge is 2.27. The summed E-state index contributed by atoms with van der Waals surface area (Å²) in [6.45, 7) is 2.20. The molecule has 1 aliphatic rings. The van der Waals surface area contributed by atoms with Crippen molar-refractivity contribution >= 4 is 15.7 Å². The maximum absolute atomic E-state index is 11.9. The van der Waals surface area contributed by atoms with E-state index in [4.69, 9.17) is 5.73 Å². The summed E-state index contributed by atoms with van der Waals surface area (Å²) in [4.78, 5) is 0. The Morgan fingerprint density at radius 3 is 2.74 bits per heavy atom. The van der Waals surface area contributed by atoms with E-state index >= 15 is 0 Å². The Labute approximate surface area is 114 Å². The number of nitrogens with one attached hydrogen (secondary N) is 1. The van der Waals surface area contributed by atoms with Gasteiger partial charge in [0.15, 0.2) is 0 Å². The van der Waals surface area contributed by atoms with Crippen molar-refractivity contribution in [2.45, 2.75) is 19.8 Å². The number of hydrogen-bond acceptors (Lipinski definition) is 3. The first-order chi connectivity index (χ1) is 8.98. The Morgan fingerprint density at radius 1 is 1.37 bits per heavy atom. The van der Waals surface area contributed by atoms with Crippen LogP contribution in [0.2, 0.25) is 0 Å². The molecule has 0 heterocycles. The Kier molecular flexibility index (Phi) is 4.13. The van der Waals surface area contributed by atoms with Gasteiger partial charge in [0, 0.05) is 11.3 Å². The van der Waals surface area contributed by atoms with Gasteiger partial charge < -0.3 is 5.73 Å². The molecule has 5 heteroatoms. The summed E-state index contributed by atoms with van der Waals surface area (Å²) < 4.78 is 26.5. The predicted molar refractivity (Wildman–Crippen MR) is 77.2 cm³/mol.